The first-order valence-electron chi connectivity index (χ1n) is 5.61. The molecule has 0 amide bonds. The van der Waals surface area contributed by atoms with Crippen LogP contribution in [-0.4, -0.2) is 47.1 Å². The average molecular weight is 348 g/mol. The van der Waals surface area contributed by atoms with Gasteiger partial charge in [0.25, 0.3) is 5.56 Å². The second kappa shape index (κ2) is 4.56. The van der Waals surface area contributed by atoms with Crippen LogP contribution in [0.4, 0.5) is 5.82 Å². The number of halogens is 1. The summed E-state index contributed by atoms with van der Waals surface area (Å²) in [6.07, 6.45) is 1.48. The molecule has 1 aliphatic heterocycles. The number of hydrogen-bond acceptors (Lipinski definition) is 4. The Kier molecular flexibility index (Phi) is 3.44. The second-order valence-electron chi connectivity index (χ2n) is 5.02. The van der Waals surface area contributed by atoms with E-state index in [0.717, 1.165) is 25.5 Å². The summed E-state index contributed by atoms with van der Waals surface area (Å²) in [5.41, 5.74) is 0.0401. The molecule has 5 nitrogen and oxygen atoms in total. The lowest BCUT2D eigenvalue weighted by molar-refractivity contribution is 0.138. The molecule has 0 saturated carbocycles. The van der Waals surface area contributed by atoms with Gasteiger partial charge in [0.15, 0.2) is 0 Å². The molecule has 0 aromatic carbocycles. The van der Waals surface area contributed by atoms with Gasteiger partial charge in [0, 0.05) is 25.2 Å². The van der Waals surface area contributed by atoms with Gasteiger partial charge < -0.3 is 9.88 Å². The zero-order chi connectivity index (χ0) is 12.6. The summed E-state index contributed by atoms with van der Waals surface area (Å²) in [6, 6.07) is 0. The predicted octanol–water partition coefficient (Wildman–Crippen LogP) is 0.905. The summed E-state index contributed by atoms with van der Waals surface area (Å²) in [4.78, 5) is 23.0. The van der Waals surface area contributed by atoms with E-state index < -0.39 is 0 Å². The van der Waals surface area contributed by atoms with Crippen LogP contribution < -0.4 is 10.5 Å². The number of aromatic amines is 1. The summed E-state index contributed by atoms with van der Waals surface area (Å²) in [6.45, 7) is 7.19. The van der Waals surface area contributed by atoms with E-state index in [-0.39, 0.29) is 11.1 Å². The quantitative estimate of drug-likeness (QED) is 0.767. The lowest BCUT2D eigenvalue weighted by Gasteiger charge is -2.45. The van der Waals surface area contributed by atoms with Crippen molar-refractivity contribution < 1.29 is 0 Å². The number of H-pyrrole nitrogens is 1. The van der Waals surface area contributed by atoms with E-state index in [9.17, 15) is 4.79 Å². The van der Waals surface area contributed by atoms with Gasteiger partial charge in [-0.1, -0.05) is 0 Å². The smallest absolute Gasteiger partial charge is 0.266 e. The third-order valence-electron chi connectivity index (χ3n) is 3.39. The maximum Gasteiger partial charge on any atom is 0.266 e. The Bertz CT molecular complexity index is 471. The van der Waals surface area contributed by atoms with Crippen molar-refractivity contribution in [3.05, 3.63) is 20.3 Å². The van der Waals surface area contributed by atoms with Crippen molar-refractivity contribution in [2.75, 3.05) is 31.6 Å². The van der Waals surface area contributed by atoms with Crippen LogP contribution in [0.15, 0.2) is 11.1 Å². The second-order valence-corrected chi connectivity index (χ2v) is 6.10. The molecule has 1 aromatic rings. The number of nitrogens with one attached hydrogen (secondary N) is 1. The number of rotatable bonds is 1. The minimum Gasteiger partial charge on any atom is -0.352 e. The number of aromatic nitrogens is 2. The van der Waals surface area contributed by atoms with Crippen molar-refractivity contribution in [2.45, 2.75) is 19.4 Å². The largest absolute Gasteiger partial charge is 0.352 e. The zero-order valence-corrected chi connectivity index (χ0v) is 12.5. The molecule has 2 heterocycles. The molecule has 17 heavy (non-hydrogen) atoms. The molecule has 0 aliphatic carbocycles. The zero-order valence-electron chi connectivity index (χ0n) is 10.3. The van der Waals surface area contributed by atoms with E-state index in [0.29, 0.717) is 3.57 Å². The number of nitrogens with zero attached hydrogens (tertiary/aromatic N) is 3. The molecule has 1 saturated heterocycles. The van der Waals surface area contributed by atoms with Gasteiger partial charge in [-0.3, -0.25) is 9.69 Å². The van der Waals surface area contributed by atoms with Crippen molar-refractivity contribution in [3.8, 4) is 0 Å². The van der Waals surface area contributed by atoms with Crippen molar-refractivity contribution in [3.63, 3.8) is 0 Å². The molecule has 0 unspecified atom stereocenters. The SMILES string of the molecule is CN1CCN(c2nc[nH]c(=O)c2I)CC1(C)C. The highest BCUT2D eigenvalue weighted by atomic mass is 127. The first-order valence-corrected chi connectivity index (χ1v) is 6.69. The topological polar surface area (TPSA) is 52.2 Å². The monoisotopic (exact) mass is 348 g/mol. The van der Waals surface area contributed by atoms with Crippen molar-refractivity contribution in [2.24, 2.45) is 0 Å². The fourth-order valence-electron chi connectivity index (χ4n) is 2.02. The minimum absolute atomic E-state index is 0.0627. The Labute approximate surface area is 114 Å². The summed E-state index contributed by atoms with van der Waals surface area (Å²) in [5.74, 6) is 0.801. The van der Waals surface area contributed by atoms with Crippen LogP contribution in [0.2, 0.25) is 0 Å². The molecule has 1 fully saturated rings. The molecule has 94 valence electrons. The third kappa shape index (κ3) is 2.47. The van der Waals surface area contributed by atoms with Gasteiger partial charge in [0.05, 0.1) is 6.33 Å². The van der Waals surface area contributed by atoms with E-state index in [1.54, 1.807) is 0 Å². The summed E-state index contributed by atoms with van der Waals surface area (Å²) >= 11 is 2.06. The summed E-state index contributed by atoms with van der Waals surface area (Å²) in [7, 11) is 2.13. The predicted molar refractivity (Wildman–Crippen MR) is 76.5 cm³/mol. The lowest BCUT2D eigenvalue weighted by Crippen LogP contribution is -2.58. The molecule has 1 aliphatic rings. The van der Waals surface area contributed by atoms with Gasteiger partial charge in [0.1, 0.15) is 9.39 Å². The first kappa shape index (κ1) is 12.8. The van der Waals surface area contributed by atoms with Gasteiger partial charge in [-0.25, -0.2) is 4.98 Å². The van der Waals surface area contributed by atoms with Crippen molar-refractivity contribution in [1.29, 1.82) is 0 Å². The first-order chi connectivity index (χ1) is 7.92. The minimum atomic E-state index is -0.0627. The highest BCUT2D eigenvalue weighted by molar-refractivity contribution is 14.1. The molecular weight excluding hydrogens is 331 g/mol. The molecule has 0 atom stereocenters. The Morgan fingerprint density at radius 2 is 2.18 bits per heavy atom. The van der Waals surface area contributed by atoms with E-state index in [1.165, 1.54) is 6.33 Å². The third-order valence-corrected chi connectivity index (χ3v) is 4.37. The van der Waals surface area contributed by atoms with E-state index >= 15 is 0 Å². The van der Waals surface area contributed by atoms with Crippen LogP contribution in [0.1, 0.15) is 13.8 Å². The Hall–Kier alpha value is -0.630. The average Bonchev–Trinajstić information content (AvgIpc) is 2.26. The fourth-order valence-corrected chi connectivity index (χ4v) is 2.65. The molecular formula is C11H17IN4O. The van der Waals surface area contributed by atoms with Crippen molar-refractivity contribution in [1.82, 2.24) is 14.9 Å². The van der Waals surface area contributed by atoms with Crippen LogP contribution in [0, 0.1) is 3.57 Å². The molecule has 1 aromatic heterocycles. The lowest BCUT2D eigenvalue weighted by atomic mass is 10.00. The van der Waals surface area contributed by atoms with Gasteiger partial charge in [0.2, 0.25) is 0 Å². The maximum atomic E-state index is 11.6. The normalized spacial score (nSPS) is 20.6. The van der Waals surface area contributed by atoms with Crippen LogP contribution >= 0.6 is 22.6 Å². The fraction of sp³-hybridized carbons (Fsp3) is 0.636. The highest BCUT2D eigenvalue weighted by Crippen LogP contribution is 2.24. The molecule has 0 spiro atoms. The Morgan fingerprint density at radius 3 is 2.82 bits per heavy atom. The molecule has 0 radical (unpaired) electrons. The van der Waals surface area contributed by atoms with Gasteiger partial charge in [-0.2, -0.15) is 0 Å². The summed E-state index contributed by atoms with van der Waals surface area (Å²) in [5, 5.41) is 0. The Morgan fingerprint density at radius 1 is 1.47 bits per heavy atom. The van der Waals surface area contributed by atoms with Gasteiger partial charge in [-0.15, -0.1) is 0 Å². The van der Waals surface area contributed by atoms with E-state index in [4.69, 9.17) is 0 Å². The summed E-state index contributed by atoms with van der Waals surface area (Å²) < 4.78 is 0.672. The number of likely N-dealkylation sites (N-methyl/N-ethyl adjacent to an activating group) is 1. The van der Waals surface area contributed by atoms with Crippen molar-refractivity contribution >= 4 is 28.4 Å². The molecule has 2 rings (SSSR count). The molecule has 6 heteroatoms. The number of piperazine rings is 1. The maximum absolute atomic E-state index is 11.6. The van der Waals surface area contributed by atoms with Crippen LogP contribution in [0.25, 0.3) is 0 Å². The standard InChI is InChI=1S/C11H17IN4O/c1-11(2)6-16(5-4-15(11)3)9-8(12)10(17)14-7-13-9/h7H,4-6H2,1-3H3,(H,13,14,17). The number of hydrogen-bond donors (Lipinski definition) is 1. The van der Waals surface area contributed by atoms with Crippen LogP contribution in [0.5, 0.6) is 0 Å². The van der Waals surface area contributed by atoms with Crippen LogP contribution in [-0.2, 0) is 0 Å². The molecule has 0 bridgehead atoms. The van der Waals surface area contributed by atoms with Crippen LogP contribution in [0.3, 0.4) is 0 Å². The van der Waals surface area contributed by atoms with Gasteiger partial charge >= 0.3 is 0 Å². The van der Waals surface area contributed by atoms with E-state index in [1.807, 2.05) is 0 Å². The number of anilines is 1. The van der Waals surface area contributed by atoms with E-state index in [2.05, 4.69) is 63.3 Å². The Balaban J connectivity index is 2.30. The molecule has 1 N–H and O–H groups in total. The highest BCUT2D eigenvalue weighted by Gasteiger charge is 2.32. The van der Waals surface area contributed by atoms with Gasteiger partial charge in [-0.05, 0) is 43.5 Å².